The molecule has 5 heteroatoms. The zero-order valence-corrected chi connectivity index (χ0v) is 11.6. The lowest BCUT2D eigenvalue weighted by Gasteiger charge is -2.29. The van der Waals surface area contributed by atoms with Crippen molar-refractivity contribution in [2.75, 3.05) is 7.11 Å². The average molecular weight is 276 g/mol. The second kappa shape index (κ2) is 5.36. The highest BCUT2D eigenvalue weighted by Crippen LogP contribution is 2.23. The van der Waals surface area contributed by atoms with Crippen LogP contribution < -0.4 is 4.74 Å². The topological polar surface area (TPSA) is 61.8 Å². The number of carbonyl (C=O) groups is 2. The average Bonchev–Trinajstić information content (AvgIpc) is 2.36. The van der Waals surface area contributed by atoms with E-state index in [9.17, 15) is 9.59 Å². The van der Waals surface area contributed by atoms with Gasteiger partial charge in [-0.15, -0.1) is 0 Å². The largest absolute Gasteiger partial charge is 0.497 e. The fourth-order valence-corrected chi connectivity index (χ4v) is 1.85. The number of cyclic esters (lactones) is 2. The number of methoxy groups -OCH3 is 1. The van der Waals surface area contributed by atoms with Crippen molar-refractivity contribution in [3.05, 3.63) is 41.5 Å². The molecule has 0 atom stereocenters. The van der Waals surface area contributed by atoms with Gasteiger partial charge in [-0.3, -0.25) is 0 Å². The first-order chi connectivity index (χ1) is 9.41. The van der Waals surface area contributed by atoms with E-state index in [1.807, 2.05) is 24.3 Å². The minimum atomic E-state index is -1.21. The molecule has 0 amide bonds. The highest BCUT2D eigenvalue weighted by molar-refractivity contribution is 6.15. The fraction of sp³-hybridized carbons (Fsp3) is 0.333. The molecule has 0 bridgehead atoms. The predicted molar refractivity (Wildman–Crippen MR) is 71.0 cm³/mol. The maximum Gasteiger partial charge on any atom is 0.348 e. The molecule has 0 radical (unpaired) electrons. The summed E-state index contributed by atoms with van der Waals surface area (Å²) in [4.78, 5) is 23.5. The molecule has 106 valence electrons. The Labute approximate surface area is 117 Å². The SMILES string of the molecule is COc1cccc(CC=C2C(=O)OC(C)(C)OC2=O)c1. The molecule has 0 spiro atoms. The number of benzene rings is 1. The maximum atomic E-state index is 11.7. The number of hydrogen-bond donors (Lipinski definition) is 0. The Balaban J connectivity index is 2.15. The second-order valence-electron chi connectivity index (χ2n) is 4.85. The van der Waals surface area contributed by atoms with Crippen LogP contribution in [0.1, 0.15) is 19.4 Å². The van der Waals surface area contributed by atoms with Crippen LogP contribution in [0.15, 0.2) is 35.9 Å². The van der Waals surface area contributed by atoms with Gasteiger partial charge in [0.2, 0.25) is 0 Å². The van der Waals surface area contributed by atoms with Crippen LogP contribution in [0.5, 0.6) is 5.75 Å². The van der Waals surface area contributed by atoms with Gasteiger partial charge in [0.25, 0.3) is 5.79 Å². The van der Waals surface area contributed by atoms with Crippen LogP contribution >= 0.6 is 0 Å². The smallest absolute Gasteiger partial charge is 0.348 e. The molecule has 0 aliphatic carbocycles. The lowest BCUT2D eigenvalue weighted by atomic mass is 10.1. The van der Waals surface area contributed by atoms with Crippen molar-refractivity contribution in [3.8, 4) is 5.75 Å². The third kappa shape index (κ3) is 3.17. The van der Waals surface area contributed by atoms with Gasteiger partial charge in [-0.05, 0) is 24.1 Å². The molecule has 1 heterocycles. The Morgan fingerprint density at radius 1 is 1.20 bits per heavy atom. The van der Waals surface area contributed by atoms with Crippen LogP contribution in [0.4, 0.5) is 0 Å². The van der Waals surface area contributed by atoms with Gasteiger partial charge < -0.3 is 14.2 Å². The molecule has 1 saturated heterocycles. The van der Waals surface area contributed by atoms with Crippen molar-refractivity contribution < 1.29 is 23.8 Å². The highest BCUT2D eigenvalue weighted by atomic mass is 16.7. The van der Waals surface area contributed by atoms with Crippen molar-refractivity contribution in [3.63, 3.8) is 0 Å². The number of rotatable bonds is 3. The van der Waals surface area contributed by atoms with Gasteiger partial charge in [0.05, 0.1) is 7.11 Å². The summed E-state index contributed by atoms with van der Waals surface area (Å²) in [5, 5.41) is 0. The van der Waals surface area contributed by atoms with Gasteiger partial charge in [0, 0.05) is 13.8 Å². The minimum absolute atomic E-state index is 0.0767. The lowest BCUT2D eigenvalue weighted by molar-refractivity contribution is -0.222. The maximum absolute atomic E-state index is 11.7. The number of esters is 2. The molecule has 0 N–H and O–H groups in total. The zero-order valence-electron chi connectivity index (χ0n) is 11.6. The number of allylic oxidation sites excluding steroid dienone is 1. The first-order valence-electron chi connectivity index (χ1n) is 6.21. The summed E-state index contributed by atoms with van der Waals surface area (Å²) in [5.41, 5.74) is 0.842. The number of hydrogen-bond acceptors (Lipinski definition) is 5. The van der Waals surface area contributed by atoms with E-state index >= 15 is 0 Å². The van der Waals surface area contributed by atoms with Crippen molar-refractivity contribution >= 4 is 11.9 Å². The summed E-state index contributed by atoms with van der Waals surface area (Å²) in [6.07, 6.45) is 1.92. The molecule has 0 unspecified atom stereocenters. The molecular weight excluding hydrogens is 260 g/mol. The Morgan fingerprint density at radius 2 is 1.85 bits per heavy atom. The van der Waals surface area contributed by atoms with Crippen LogP contribution in [0.3, 0.4) is 0 Å². The Morgan fingerprint density at radius 3 is 2.45 bits per heavy atom. The molecule has 1 fully saturated rings. The molecule has 1 aromatic rings. The van der Waals surface area contributed by atoms with E-state index in [0.717, 1.165) is 11.3 Å². The molecule has 20 heavy (non-hydrogen) atoms. The quantitative estimate of drug-likeness (QED) is 0.480. The Hall–Kier alpha value is -2.30. The third-order valence-corrected chi connectivity index (χ3v) is 2.79. The molecular formula is C15H16O5. The Bertz CT molecular complexity index is 549. The van der Waals surface area contributed by atoms with E-state index < -0.39 is 17.7 Å². The van der Waals surface area contributed by atoms with Gasteiger partial charge in [-0.2, -0.15) is 0 Å². The van der Waals surface area contributed by atoms with Crippen molar-refractivity contribution in [1.82, 2.24) is 0 Å². The van der Waals surface area contributed by atoms with Gasteiger partial charge in [-0.1, -0.05) is 18.2 Å². The summed E-state index contributed by atoms with van der Waals surface area (Å²) in [6.45, 7) is 3.03. The number of ether oxygens (including phenoxy) is 3. The van der Waals surface area contributed by atoms with Crippen molar-refractivity contribution in [2.24, 2.45) is 0 Å². The molecule has 1 aromatic carbocycles. The molecule has 1 aliphatic heterocycles. The summed E-state index contributed by atoms with van der Waals surface area (Å²) in [7, 11) is 1.58. The van der Waals surface area contributed by atoms with Gasteiger partial charge in [-0.25, -0.2) is 9.59 Å². The first-order valence-corrected chi connectivity index (χ1v) is 6.21. The summed E-state index contributed by atoms with van der Waals surface area (Å²) in [5.74, 6) is -1.80. The van der Waals surface area contributed by atoms with Gasteiger partial charge in [0.1, 0.15) is 11.3 Å². The van der Waals surface area contributed by atoms with Crippen molar-refractivity contribution in [1.29, 1.82) is 0 Å². The van der Waals surface area contributed by atoms with E-state index in [0.29, 0.717) is 6.42 Å². The third-order valence-electron chi connectivity index (χ3n) is 2.79. The van der Waals surface area contributed by atoms with E-state index in [2.05, 4.69) is 0 Å². The second-order valence-corrected chi connectivity index (χ2v) is 4.85. The molecule has 0 aromatic heterocycles. The van der Waals surface area contributed by atoms with E-state index in [1.54, 1.807) is 7.11 Å². The minimum Gasteiger partial charge on any atom is -0.497 e. The summed E-state index contributed by atoms with van der Waals surface area (Å²) >= 11 is 0. The van der Waals surface area contributed by atoms with E-state index in [4.69, 9.17) is 14.2 Å². The normalized spacial score (nSPS) is 17.2. The number of carbonyl (C=O) groups excluding carboxylic acids is 2. The molecule has 2 rings (SSSR count). The summed E-state index contributed by atoms with van der Waals surface area (Å²) < 4.78 is 15.1. The van der Waals surface area contributed by atoms with E-state index in [1.165, 1.54) is 19.9 Å². The van der Waals surface area contributed by atoms with Gasteiger partial charge in [0.15, 0.2) is 0 Å². The van der Waals surface area contributed by atoms with Gasteiger partial charge >= 0.3 is 11.9 Å². The Kier molecular flexibility index (Phi) is 3.79. The molecule has 0 saturated carbocycles. The van der Waals surface area contributed by atoms with Crippen molar-refractivity contribution in [2.45, 2.75) is 26.1 Å². The first kappa shape index (κ1) is 14.1. The van der Waals surface area contributed by atoms with Crippen LogP contribution in [0.25, 0.3) is 0 Å². The molecule has 1 aliphatic rings. The standard InChI is InChI=1S/C15H16O5/c1-15(2)19-13(16)12(14(17)20-15)8-7-10-5-4-6-11(9-10)18-3/h4-6,8-9H,7H2,1-3H3. The van der Waals surface area contributed by atoms with E-state index in [-0.39, 0.29) is 5.57 Å². The van der Waals surface area contributed by atoms with Crippen LogP contribution in [0, 0.1) is 0 Å². The zero-order chi connectivity index (χ0) is 14.8. The fourth-order valence-electron chi connectivity index (χ4n) is 1.85. The summed E-state index contributed by atoms with van der Waals surface area (Å²) in [6, 6.07) is 7.37. The highest BCUT2D eigenvalue weighted by Gasteiger charge is 2.38. The van der Waals surface area contributed by atoms with Crippen LogP contribution in [-0.4, -0.2) is 24.8 Å². The molecule has 5 nitrogen and oxygen atoms in total. The van der Waals surface area contributed by atoms with Crippen LogP contribution in [-0.2, 0) is 25.5 Å². The lowest BCUT2D eigenvalue weighted by Crippen LogP contribution is -2.41. The monoisotopic (exact) mass is 276 g/mol. The van der Waals surface area contributed by atoms with Crippen LogP contribution in [0.2, 0.25) is 0 Å². The predicted octanol–water partition coefficient (Wildman–Crippen LogP) is 2.00.